The number of aromatic nitrogens is 2. The molecule has 0 fully saturated rings. The van der Waals surface area contributed by atoms with Crippen LogP contribution in [0.3, 0.4) is 0 Å². The molecule has 2 aromatic rings. The van der Waals surface area contributed by atoms with E-state index in [-0.39, 0.29) is 12.3 Å². The molecule has 0 aliphatic carbocycles. The van der Waals surface area contributed by atoms with Crippen LogP contribution >= 0.6 is 11.6 Å². The standard InChI is InChI=1S/C12H11ClN4O3/c13-8-1-5-2-9(16-12(19)20)11(18)14-3-6(5)7-4-15-17-10(7)8/h1,4,9,16H,2-3H2,(H,14,18)(H,15,17)(H,19,20). The zero-order valence-corrected chi connectivity index (χ0v) is 11.0. The third kappa shape index (κ3) is 2.05. The number of hydrogen-bond acceptors (Lipinski definition) is 3. The number of hydrogen-bond donors (Lipinski definition) is 4. The van der Waals surface area contributed by atoms with Crippen molar-refractivity contribution in [3.8, 4) is 0 Å². The van der Waals surface area contributed by atoms with Crippen LogP contribution in [0.25, 0.3) is 10.9 Å². The number of benzene rings is 1. The van der Waals surface area contributed by atoms with Crippen molar-refractivity contribution < 1.29 is 14.7 Å². The quantitative estimate of drug-likeness (QED) is 0.630. The zero-order chi connectivity index (χ0) is 14.3. The molecule has 104 valence electrons. The molecule has 1 unspecified atom stereocenters. The van der Waals surface area contributed by atoms with Gasteiger partial charge in [-0.15, -0.1) is 0 Å². The summed E-state index contributed by atoms with van der Waals surface area (Å²) in [5.41, 5.74) is 2.45. The summed E-state index contributed by atoms with van der Waals surface area (Å²) in [6, 6.07) is 0.919. The second kappa shape index (κ2) is 4.68. The molecule has 0 saturated heterocycles. The molecular formula is C12H11ClN4O3. The van der Waals surface area contributed by atoms with Gasteiger partial charge < -0.3 is 15.7 Å². The van der Waals surface area contributed by atoms with Crippen LogP contribution < -0.4 is 10.6 Å². The highest BCUT2D eigenvalue weighted by molar-refractivity contribution is 6.35. The van der Waals surface area contributed by atoms with Gasteiger partial charge in [0.1, 0.15) is 6.04 Å². The van der Waals surface area contributed by atoms with E-state index in [0.29, 0.717) is 17.1 Å². The zero-order valence-electron chi connectivity index (χ0n) is 10.2. The number of H-pyrrole nitrogens is 1. The Morgan fingerprint density at radius 2 is 2.35 bits per heavy atom. The van der Waals surface area contributed by atoms with Gasteiger partial charge in [0.15, 0.2) is 0 Å². The Balaban J connectivity index is 2.08. The Kier molecular flexibility index (Phi) is 2.98. The smallest absolute Gasteiger partial charge is 0.405 e. The lowest BCUT2D eigenvalue weighted by Gasteiger charge is -2.13. The average Bonchev–Trinajstić information content (AvgIpc) is 2.81. The molecule has 0 bridgehead atoms. The number of carbonyl (C=O) groups excluding carboxylic acids is 1. The van der Waals surface area contributed by atoms with Crippen molar-refractivity contribution in [2.45, 2.75) is 19.0 Å². The number of halogens is 1. The second-order valence-corrected chi connectivity index (χ2v) is 4.99. The van der Waals surface area contributed by atoms with Crippen molar-refractivity contribution in [1.82, 2.24) is 20.8 Å². The number of nitrogens with zero attached hydrogens (tertiary/aromatic N) is 1. The van der Waals surface area contributed by atoms with E-state index in [1.54, 1.807) is 12.3 Å². The monoisotopic (exact) mass is 294 g/mol. The molecule has 1 aliphatic heterocycles. The maximum atomic E-state index is 11.9. The maximum Gasteiger partial charge on any atom is 0.405 e. The lowest BCUT2D eigenvalue weighted by atomic mass is 9.99. The van der Waals surface area contributed by atoms with E-state index in [1.807, 2.05) is 0 Å². The lowest BCUT2D eigenvalue weighted by molar-refractivity contribution is -0.122. The molecule has 0 saturated carbocycles. The number of aromatic amines is 1. The predicted molar refractivity (Wildman–Crippen MR) is 71.6 cm³/mol. The van der Waals surface area contributed by atoms with E-state index in [4.69, 9.17) is 16.7 Å². The Hall–Kier alpha value is -2.28. The predicted octanol–water partition coefficient (Wildman–Crippen LogP) is 1.02. The molecule has 0 spiro atoms. The first-order valence-electron chi connectivity index (χ1n) is 5.96. The molecule has 8 heteroatoms. The fourth-order valence-corrected chi connectivity index (χ4v) is 2.73. The number of rotatable bonds is 1. The van der Waals surface area contributed by atoms with Gasteiger partial charge in [-0.05, 0) is 17.2 Å². The molecule has 1 aliphatic rings. The summed E-state index contributed by atoms with van der Waals surface area (Å²) < 4.78 is 0. The topological polar surface area (TPSA) is 107 Å². The van der Waals surface area contributed by atoms with Gasteiger partial charge in [0.2, 0.25) is 5.91 Å². The summed E-state index contributed by atoms with van der Waals surface area (Å²) in [5.74, 6) is -0.351. The number of fused-ring (bicyclic) bond motifs is 3. The third-order valence-electron chi connectivity index (χ3n) is 3.37. The summed E-state index contributed by atoms with van der Waals surface area (Å²) >= 11 is 6.17. The summed E-state index contributed by atoms with van der Waals surface area (Å²) in [4.78, 5) is 22.6. The lowest BCUT2D eigenvalue weighted by Crippen LogP contribution is -2.45. The summed E-state index contributed by atoms with van der Waals surface area (Å²) in [6.07, 6.45) is 0.676. The van der Waals surface area contributed by atoms with Crippen molar-refractivity contribution in [2.24, 2.45) is 0 Å². The highest BCUT2D eigenvalue weighted by atomic mass is 35.5. The molecule has 20 heavy (non-hydrogen) atoms. The number of carbonyl (C=O) groups is 2. The first-order valence-corrected chi connectivity index (χ1v) is 6.34. The van der Waals surface area contributed by atoms with Crippen LogP contribution in [0.15, 0.2) is 12.3 Å². The minimum absolute atomic E-state index is 0.258. The van der Waals surface area contributed by atoms with Crippen molar-refractivity contribution in [1.29, 1.82) is 0 Å². The van der Waals surface area contributed by atoms with Crippen molar-refractivity contribution in [2.75, 3.05) is 0 Å². The van der Waals surface area contributed by atoms with E-state index < -0.39 is 12.1 Å². The van der Waals surface area contributed by atoms with Crippen LogP contribution in [-0.2, 0) is 17.8 Å². The van der Waals surface area contributed by atoms with Gasteiger partial charge in [-0.1, -0.05) is 11.6 Å². The molecule has 4 N–H and O–H groups in total. The third-order valence-corrected chi connectivity index (χ3v) is 3.67. The summed E-state index contributed by atoms with van der Waals surface area (Å²) in [6.45, 7) is 0.319. The van der Waals surface area contributed by atoms with E-state index in [2.05, 4.69) is 20.8 Å². The van der Waals surface area contributed by atoms with Crippen molar-refractivity contribution in [3.63, 3.8) is 0 Å². The van der Waals surface area contributed by atoms with E-state index in [0.717, 1.165) is 16.5 Å². The normalized spacial score (nSPS) is 18.2. The maximum absolute atomic E-state index is 11.9. The first kappa shape index (κ1) is 12.7. The fourth-order valence-electron chi connectivity index (χ4n) is 2.45. The SMILES string of the molecule is O=C(O)NC1Cc2cc(Cl)c3[nH]ncc3c2CNC1=O. The summed E-state index contributed by atoms with van der Waals surface area (Å²) in [7, 11) is 0. The van der Waals surface area contributed by atoms with Gasteiger partial charge in [0.25, 0.3) is 0 Å². The summed E-state index contributed by atoms with van der Waals surface area (Å²) in [5, 5.41) is 21.8. The van der Waals surface area contributed by atoms with E-state index >= 15 is 0 Å². The van der Waals surface area contributed by atoms with Crippen LogP contribution in [0.4, 0.5) is 4.79 Å². The first-order chi connectivity index (χ1) is 9.56. The minimum atomic E-state index is -1.23. The highest BCUT2D eigenvalue weighted by Crippen LogP contribution is 2.30. The molecule has 1 atom stereocenters. The van der Waals surface area contributed by atoms with Crippen LogP contribution in [0, 0.1) is 0 Å². The number of carboxylic acid groups (broad SMARTS) is 1. The van der Waals surface area contributed by atoms with Crippen LogP contribution in [0.2, 0.25) is 5.02 Å². The minimum Gasteiger partial charge on any atom is -0.465 e. The average molecular weight is 295 g/mol. The largest absolute Gasteiger partial charge is 0.465 e. The van der Waals surface area contributed by atoms with E-state index in [9.17, 15) is 9.59 Å². The molecule has 1 aromatic heterocycles. The van der Waals surface area contributed by atoms with Gasteiger partial charge >= 0.3 is 6.09 Å². The van der Waals surface area contributed by atoms with Crippen LogP contribution in [0.5, 0.6) is 0 Å². The van der Waals surface area contributed by atoms with Crippen LogP contribution in [-0.4, -0.2) is 33.3 Å². The molecule has 7 nitrogen and oxygen atoms in total. The molecule has 1 aromatic carbocycles. The molecule has 0 radical (unpaired) electrons. The number of nitrogens with one attached hydrogen (secondary N) is 3. The Bertz CT molecular complexity index is 712. The van der Waals surface area contributed by atoms with Crippen LogP contribution in [0.1, 0.15) is 11.1 Å². The van der Waals surface area contributed by atoms with Crippen molar-refractivity contribution >= 4 is 34.5 Å². The number of amides is 2. The van der Waals surface area contributed by atoms with E-state index in [1.165, 1.54) is 0 Å². The van der Waals surface area contributed by atoms with Crippen molar-refractivity contribution in [3.05, 3.63) is 28.4 Å². The molecule has 3 rings (SSSR count). The second-order valence-electron chi connectivity index (χ2n) is 4.58. The highest BCUT2D eigenvalue weighted by Gasteiger charge is 2.27. The Labute approximate surface area is 118 Å². The van der Waals surface area contributed by atoms with Gasteiger partial charge in [-0.3, -0.25) is 9.89 Å². The fraction of sp³-hybridized carbons (Fsp3) is 0.250. The molecule has 2 amide bonds. The van der Waals surface area contributed by atoms with Gasteiger partial charge in [-0.2, -0.15) is 5.10 Å². The van der Waals surface area contributed by atoms with Gasteiger partial charge in [-0.25, -0.2) is 4.79 Å². The van der Waals surface area contributed by atoms with Gasteiger partial charge in [0.05, 0.1) is 16.7 Å². The van der Waals surface area contributed by atoms with Gasteiger partial charge in [0, 0.05) is 18.4 Å². The molecule has 2 heterocycles. The molecular weight excluding hydrogens is 284 g/mol. The Morgan fingerprint density at radius 3 is 3.10 bits per heavy atom. The Morgan fingerprint density at radius 1 is 1.55 bits per heavy atom.